The molecule has 0 radical (unpaired) electrons. The number of ether oxygens (including phenoxy) is 1. The summed E-state index contributed by atoms with van der Waals surface area (Å²) < 4.78 is 8.01. The fourth-order valence-electron chi connectivity index (χ4n) is 2.63. The van der Waals surface area contributed by atoms with Crippen molar-refractivity contribution in [1.29, 1.82) is 0 Å². The average Bonchev–Trinajstić information content (AvgIpc) is 3.11. The van der Waals surface area contributed by atoms with Gasteiger partial charge in [-0.2, -0.15) is 0 Å². The number of hydrogen-bond donors (Lipinski definition) is 1. The lowest BCUT2D eigenvalue weighted by atomic mass is 10.1. The van der Waals surface area contributed by atoms with Crippen LogP contribution < -0.4 is 10.1 Å². The highest BCUT2D eigenvalue weighted by Crippen LogP contribution is 2.30. The molecule has 0 saturated heterocycles. The van der Waals surface area contributed by atoms with E-state index in [1.807, 2.05) is 36.9 Å². The molecule has 112 valence electrons. The molecule has 1 aromatic carbocycles. The van der Waals surface area contributed by atoms with Gasteiger partial charge in [0.2, 0.25) is 0 Å². The van der Waals surface area contributed by atoms with Crippen molar-refractivity contribution in [3.63, 3.8) is 0 Å². The van der Waals surface area contributed by atoms with Crippen LogP contribution in [0.15, 0.2) is 36.9 Å². The lowest BCUT2D eigenvalue weighted by molar-refractivity contribution is 0.227. The molecule has 1 N–H and O–H groups in total. The summed E-state index contributed by atoms with van der Waals surface area (Å²) >= 11 is 6.00. The third-order valence-corrected chi connectivity index (χ3v) is 3.95. The molecule has 0 spiro atoms. The average molecular weight is 306 g/mol. The van der Waals surface area contributed by atoms with Gasteiger partial charge in [-0.25, -0.2) is 4.98 Å². The molecule has 1 aliphatic heterocycles. The van der Waals surface area contributed by atoms with Gasteiger partial charge in [0, 0.05) is 36.9 Å². The van der Waals surface area contributed by atoms with Gasteiger partial charge in [-0.05, 0) is 43.1 Å². The molecule has 0 amide bonds. The fraction of sp³-hybridized carbons (Fsp3) is 0.438. The van der Waals surface area contributed by atoms with Crippen molar-refractivity contribution in [1.82, 2.24) is 14.9 Å². The smallest absolute Gasteiger partial charge is 0.123 e. The molecule has 4 nitrogen and oxygen atoms in total. The molecule has 0 fully saturated rings. The first kappa shape index (κ1) is 14.4. The molecule has 21 heavy (non-hydrogen) atoms. The fourth-order valence-corrected chi connectivity index (χ4v) is 2.82. The Morgan fingerprint density at radius 1 is 1.38 bits per heavy atom. The number of halogens is 1. The first-order valence-electron chi connectivity index (χ1n) is 7.43. The highest BCUT2D eigenvalue weighted by Gasteiger charge is 2.22. The minimum Gasteiger partial charge on any atom is -0.488 e. The zero-order valence-electron chi connectivity index (χ0n) is 12.0. The SMILES string of the molecule is Clc1ccc2c(c1)CC(CNCCCCn1ccnc1)O2. The normalized spacial score (nSPS) is 16.7. The van der Waals surface area contributed by atoms with Crippen molar-refractivity contribution >= 4 is 11.6 Å². The van der Waals surface area contributed by atoms with Crippen molar-refractivity contribution in [2.75, 3.05) is 13.1 Å². The molecule has 1 aliphatic rings. The minimum atomic E-state index is 0.229. The van der Waals surface area contributed by atoms with Crippen molar-refractivity contribution in [2.24, 2.45) is 0 Å². The number of hydrogen-bond acceptors (Lipinski definition) is 3. The van der Waals surface area contributed by atoms with E-state index in [2.05, 4.69) is 14.9 Å². The summed E-state index contributed by atoms with van der Waals surface area (Å²) in [5, 5.41) is 4.26. The van der Waals surface area contributed by atoms with Crippen LogP contribution in [0.2, 0.25) is 5.02 Å². The zero-order chi connectivity index (χ0) is 14.5. The van der Waals surface area contributed by atoms with E-state index in [0.717, 1.165) is 49.7 Å². The molecule has 0 bridgehead atoms. The first-order valence-corrected chi connectivity index (χ1v) is 7.80. The van der Waals surface area contributed by atoms with Crippen LogP contribution in [0, 0.1) is 0 Å². The van der Waals surface area contributed by atoms with E-state index < -0.39 is 0 Å². The van der Waals surface area contributed by atoms with Crippen molar-refractivity contribution < 1.29 is 4.74 Å². The monoisotopic (exact) mass is 305 g/mol. The van der Waals surface area contributed by atoms with Gasteiger partial charge >= 0.3 is 0 Å². The molecule has 1 aromatic heterocycles. The third kappa shape index (κ3) is 3.99. The number of rotatable bonds is 7. The maximum atomic E-state index is 6.00. The Balaban J connectivity index is 1.30. The van der Waals surface area contributed by atoms with Gasteiger partial charge in [-0.1, -0.05) is 11.6 Å². The van der Waals surface area contributed by atoms with Crippen LogP contribution in [0.1, 0.15) is 18.4 Å². The van der Waals surface area contributed by atoms with E-state index in [4.69, 9.17) is 16.3 Å². The van der Waals surface area contributed by atoms with Crippen LogP contribution in [0.3, 0.4) is 0 Å². The summed E-state index contributed by atoms with van der Waals surface area (Å²) in [5.74, 6) is 0.978. The Bertz CT molecular complexity index is 571. The second-order valence-electron chi connectivity index (χ2n) is 5.41. The number of fused-ring (bicyclic) bond motifs is 1. The molecule has 0 aliphatic carbocycles. The molecule has 3 rings (SSSR count). The Labute approximate surface area is 130 Å². The zero-order valence-corrected chi connectivity index (χ0v) is 12.7. The van der Waals surface area contributed by atoms with E-state index >= 15 is 0 Å². The number of aryl methyl sites for hydroxylation is 1. The summed E-state index contributed by atoms with van der Waals surface area (Å²) in [6.45, 7) is 2.94. The van der Waals surface area contributed by atoms with E-state index in [-0.39, 0.29) is 6.10 Å². The van der Waals surface area contributed by atoms with Crippen molar-refractivity contribution in [2.45, 2.75) is 31.9 Å². The molecule has 1 atom stereocenters. The number of benzene rings is 1. The molecule has 2 heterocycles. The topological polar surface area (TPSA) is 39.1 Å². The van der Waals surface area contributed by atoms with Gasteiger partial charge in [-0.15, -0.1) is 0 Å². The summed E-state index contributed by atoms with van der Waals surface area (Å²) in [5.41, 5.74) is 1.22. The predicted octanol–water partition coefficient (Wildman–Crippen LogP) is 2.91. The van der Waals surface area contributed by atoms with Crippen molar-refractivity contribution in [3.05, 3.63) is 47.5 Å². The van der Waals surface area contributed by atoms with Gasteiger partial charge in [0.05, 0.1) is 6.33 Å². The van der Waals surface area contributed by atoms with Crippen LogP contribution in [0.5, 0.6) is 5.75 Å². The van der Waals surface area contributed by atoms with E-state index in [1.54, 1.807) is 0 Å². The molecule has 0 saturated carbocycles. The maximum absolute atomic E-state index is 6.00. The van der Waals surface area contributed by atoms with Gasteiger partial charge < -0.3 is 14.6 Å². The highest BCUT2D eigenvalue weighted by atomic mass is 35.5. The predicted molar refractivity (Wildman–Crippen MR) is 83.9 cm³/mol. The lowest BCUT2D eigenvalue weighted by Gasteiger charge is -2.11. The van der Waals surface area contributed by atoms with Gasteiger partial charge in [0.25, 0.3) is 0 Å². The maximum Gasteiger partial charge on any atom is 0.123 e. The number of imidazole rings is 1. The largest absolute Gasteiger partial charge is 0.488 e. The Morgan fingerprint density at radius 3 is 3.19 bits per heavy atom. The second kappa shape index (κ2) is 6.96. The summed E-state index contributed by atoms with van der Waals surface area (Å²) in [7, 11) is 0. The van der Waals surface area contributed by atoms with E-state index in [9.17, 15) is 0 Å². The van der Waals surface area contributed by atoms with Gasteiger partial charge in [0.15, 0.2) is 0 Å². The van der Waals surface area contributed by atoms with Crippen molar-refractivity contribution in [3.8, 4) is 5.75 Å². The van der Waals surface area contributed by atoms with Crippen LogP contribution >= 0.6 is 11.6 Å². The second-order valence-corrected chi connectivity index (χ2v) is 5.84. The quantitative estimate of drug-likeness (QED) is 0.800. The third-order valence-electron chi connectivity index (χ3n) is 3.71. The van der Waals surface area contributed by atoms with E-state index in [1.165, 1.54) is 5.56 Å². The Kier molecular flexibility index (Phi) is 4.78. The van der Waals surface area contributed by atoms with Crippen LogP contribution in [0.4, 0.5) is 0 Å². The Hall–Kier alpha value is -1.52. The summed E-state index contributed by atoms with van der Waals surface area (Å²) in [6.07, 6.45) is 9.17. The number of nitrogens with zero attached hydrogens (tertiary/aromatic N) is 2. The number of nitrogens with one attached hydrogen (secondary N) is 1. The molecule has 2 aromatic rings. The van der Waals surface area contributed by atoms with Crippen LogP contribution in [0.25, 0.3) is 0 Å². The summed E-state index contributed by atoms with van der Waals surface area (Å²) in [4.78, 5) is 4.04. The number of aromatic nitrogens is 2. The van der Waals surface area contributed by atoms with E-state index in [0.29, 0.717) is 0 Å². The summed E-state index contributed by atoms with van der Waals surface area (Å²) in [6, 6.07) is 5.84. The molecular weight excluding hydrogens is 286 g/mol. The lowest BCUT2D eigenvalue weighted by Crippen LogP contribution is -2.30. The molecule has 1 unspecified atom stereocenters. The molecular formula is C16H20ClN3O. The molecule has 5 heteroatoms. The number of unbranched alkanes of at least 4 members (excludes halogenated alkanes) is 1. The Morgan fingerprint density at radius 2 is 2.33 bits per heavy atom. The van der Waals surface area contributed by atoms with Gasteiger partial charge in [0.1, 0.15) is 11.9 Å². The first-order chi connectivity index (χ1) is 10.3. The standard InChI is InChI=1S/C16H20ClN3O/c17-14-3-4-16-13(9-14)10-15(21-16)11-18-5-1-2-7-20-8-6-19-12-20/h3-4,6,8-9,12,15,18H,1-2,5,7,10-11H2. The van der Waals surface area contributed by atoms with Crippen LogP contribution in [-0.2, 0) is 13.0 Å². The highest BCUT2D eigenvalue weighted by molar-refractivity contribution is 6.30. The van der Waals surface area contributed by atoms with Gasteiger partial charge in [-0.3, -0.25) is 0 Å². The minimum absolute atomic E-state index is 0.229. The van der Waals surface area contributed by atoms with Crippen LogP contribution in [-0.4, -0.2) is 28.7 Å².